The molecule has 3 rings (SSSR count). The zero-order chi connectivity index (χ0) is 15.9. The average Bonchev–Trinajstić information content (AvgIpc) is 3.11. The number of aryl methyl sites for hydroxylation is 1. The lowest BCUT2D eigenvalue weighted by Gasteiger charge is -2.26. The fourth-order valence-electron chi connectivity index (χ4n) is 3.31. The highest BCUT2D eigenvalue weighted by molar-refractivity contribution is 5.14. The Balaban J connectivity index is 1.92. The molecule has 0 unspecified atom stereocenters. The summed E-state index contributed by atoms with van der Waals surface area (Å²) >= 11 is 0. The molecule has 0 radical (unpaired) electrons. The van der Waals surface area contributed by atoms with E-state index in [0.717, 1.165) is 29.6 Å². The number of hydrogen-bond donors (Lipinski definition) is 0. The number of nitrogens with zero attached hydrogens (tertiary/aromatic N) is 4. The lowest BCUT2D eigenvalue weighted by Crippen LogP contribution is -2.39. The van der Waals surface area contributed by atoms with Gasteiger partial charge in [0.25, 0.3) is 5.56 Å². The monoisotopic (exact) mass is 302 g/mol. The third kappa shape index (κ3) is 2.43. The van der Waals surface area contributed by atoms with Crippen molar-refractivity contribution in [2.45, 2.75) is 25.4 Å². The van der Waals surface area contributed by atoms with Crippen LogP contribution in [0.1, 0.15) is 30.3 Å². The molecule has 2 aromatic rings. The highest BCUT2D eigenvalue weighted by Crippen LogP contribution is 2.32. The average molecular weight is 302 g/mol. The maximum atomic E-state index is 12.1. The van der Waals surface area contributed by atoms with Crippen molar-refractivity contribution in [3.63, 3.8) is 0 Å². The predicted octanol–water partition coefficient (Wildman–Crippen LogP) is 0.760. The molecule has 3 heterocycles. The number of aromatic nitrogens is 3. The van der Waals surface area contributed by atoms with Crippen LogP contribution in [0.2, 0.25) is 0 Å². The van der Waals surface area contributed by atoms with Gasteiger partial charge in [-0.15, -0.1) is 0 Å². The Morgan fingerprint density at radius 3 is 2.64 bits per heavy atom. The Labute approximate surface area is 129 Å². The molecule has 1 fully saturated rings. The minimum Gasteiger partial charge on any atom is -0.353 e. The molecular weight excluding hydrogens is 280 g/mol. The molecular formula is C16H22N4O2. The van der Waals surface area contributed by atoms with Crippen LogP contribution in [-0.4, -0.2) is 25.1 Å². The number of hydrogen-bond acceptors (Lipinski definition) is 3. The van der Waals surface area contributed by atoms with Crippen LogP contribution in [0.4, 0.5) is 0 Å². The van der Waals surface area contributed by atoms with Gasteiger partial charge >= 0.3 is 5.69 Å². The van der Waals surface area contributed by atoms with Crippen molar-refractivity contribution in [3.05, 3.63) is 56.6 Å². The maximum absolute atomic E-state index is 12.1. The van der Waals surface area contributed by atoms with Crippen molar-refractivity contribution in [2.24, 2.45) is 21.1 Å². The lowest BCUT2D eigenvalue weighted by atomic mass is 10.1. The van der Waals surface area contributed by atoms with E-state index in [1.165, 1.54) is 12.7 Å². The first-order valence-electron chi connectivity index (χ1n) is 7.60. The summed E-state index contributed by atoms with van der Waals surface area (Å²) in [5, 5.41) is 0. The summed E-state index contributed by atoms with van der Waals surface area (Å²) in [4.78, 5) is 26.3. The summed E-state index contributed by atoms with van der Waals surface area (Å²) in [7, 11) is 5.29. The molecule has 2 aromatic heterocycles. The van der Waals surface area contributed by atoms with Crippen molar-refractivity contribution < 1.29 is 0 Å². The molecule has 1 atom stereocenters. The van der Waals surface area contributed by atoms with Crippen molar-refractivity contribution in [1.29, 1.82) is 0 Å². The minimum absolute atomic E-state index is 0.243. The molecule has 1 aliphatic heterocycles. The summed E-state index contributed by atoms with van der Waals surface area (Å²) < 4.78 is 4.86. The summed E-state index contributed by atoms with van der Waals surface area (Å²) in [6.07, 6.45) is 4.30. The van der Waals surface area contributed by atoms with Gasteiger partial charge in [-0.3, -0.25) is 18.8 Å². The SMILES string of the molecule is Cn1cccc1[C@H]1CCCN1Cc1cc(=O)n(C)c(=O)n1C. The van der Waals surface area contributed by atoms with Gasteiger partial charge in [0.05, 0.1) is 6.04 Å². The van der Waals surface area contributed by atoms with E-state index in [-0.39, 0.29) is 11.2 Å². The zero-order valence-corrected chi connectivity index (χ0v) is 13.3. The van der Waals surface area contributed by atoms with Crippen molar-refractivity contribution >= 4 is 0 Å². The molecule has 1 saturated heterocycles. The first kappa shape index (κ1) is 14.8. The Kier molecular flexibility index (Phi) is 3.78. The highest BCUT2D eigenvalue weighted by atomic mass is 16.2. The van der Waals surface area contributed by atoms with Gasteiger partial charge in [0.1, 0.15) is 0 Å². The predicted molar refractivity (Wildman–Crippen MR) is 84.7 cm³/mol. The van der Waals surface area contributed by atoms with Gasteiger partial charge in [-0.2, -0.15) is 0 Å². The second-order valence-electron chi connectivity index (χ2n) is 6.05. The molecule has 22 heavy (non-hydrogen) atoms. The van der Waals surface area contributed by atoms with Gasteiger partial charge in [-0.05, 0) is 31.5 Å². The third-order valence-electron chi connectivity index (χ3n) is 4.68. The second kappa shape index (κ2) is 5.61. The minimum atomic E-state index is -0.267. The third-order valence-corrected chi connectivity index (χ3v) is 4.68. The van der Waals surface area contributed by atoms with E-state index >= 15 is 0 Å². The van der Waals surface area contributed by atoms with E-state index in [0.29, 0.717) is 12.6 Å². The van der Waals surface area contributed by atoms with Crippen LogP contribution in [0.3, 0.4) is 0 Å². The van der Waals surface area contributed by atoms with E-state index in [2.05, 4.69) is 34.8 Å². The van der Waals surface area contributed by atoms with Gasteiger partial charge in [-0.1, -0.05) is 0 Å². The Hall–Kier alpha value is -2.08. The molecule has 0 saturated carbocycles. The molecule has 0 aromatic carbocycles. The van der Waals surface area contributed by atoms with Crippen LogP contribution < -0.4 is 11.2 Å². The topological polar surface area (TPSA) is 52.2 Å². The molecule has 0 spiro atoms. The number of likely N-dealkylation sites (tertiary alicyclic amines) is 1. The van der Waals surface area contributed by atoms with Gasteiger partial charge in [0, 0.05) is 51.3 Å². The van der Waals surface area contributed by atoms with Crippen LogP contribution in [0.25, 0.3) is 0 Å². The van der Waals surface area contributed by atoms with E-state index in [1.54, 1.807) is 17.7 Å². The standard InChI is InChI=1S/C16H22N4O2/c1-17-8-4-6-13(17)14-7-5-9-20(14)11-12-10-15(21)19(3)16(22)18(12)2/h4,6,8,10,14H,5,7,9,11H2,1-3H3/t14-/m1/s1. The Bertz CT molecular complexity index is 799. The summed E-state index contributed by atoms with van der Waals surface area (Å²) in [6, 6.07) is 6.12. The van der Waals surface area contributed by atoms with Crippen LogP contribution in [0.15, 0.2) is 34.0 Å². The quantitative estimate of drug-likeness (QED) is 0.841. The fourth-order valence-corrected chi connectivity index (χ4v) is 3.31. The molecule has 1 aliphatic rings. The first-order chi connectivity index (χ1) is 10.5. The zero-order valence-electron chi connectivity index (χ0n) is 13.3. The molecule has 118 valence electrons. The van der Waals surface area contributed by atoms with Crippen molar-refractivity contribution in [3.8, 4) is 0 Å². The van der Waals surface area contributed by atoms with Gasteiger partial charge in [-0.25, -0.2) is 4.79 Å². The van der Waals surface area contributed by atoms with Gasteiger partial charge in [0.15, 0.2) is 0 Å². The molecule has 0 N–H and O–H groups in total. The summed E-state index contributed by atoms with van der Waals surface area (Å²) in [5.74, 6) is 0. The Morgan fingerprint density at radius 1 is 1.18 bits per heavy atom. The highest BCUT2D eigenvalue weighted by Gasteiger charge is 2.28. The van der Waals surface area contributed by atoms with Crippen LogP contribution in [-0.2, 0) is 27.7 Å². The molecule has 6 heteroatoms. The lowest BCUT2D eigenvalue weighted by molar-refractivity contribution is 0.234. The van der Waals surface area contributed by atoms with Gasteiger partial charge < -0.3 is 4.57 Å². The van der Waals surface area contributed by atoms with Crippen LogP contribution in [0, 0.1) is 0 Å². The smallest absolute Gasteiger partial charge is 0.330 e. The summed E-state index contributed by atoms with van der Waals surface area (Å²) in [5.41, 5.74) is 1.55. The molecule has 0 bridgehead atoms. The van der Waals surface area contributed by atoms with Crippen LogP contribution in [0.5, 0.6) is 0 Å². The maximum Gasteiger partial charge on any atom is 0.330 e. The molecule has 0 amide bonds. The first-order valence-corrected chi connectivity index (χ1v) is 7.60. The molecule has 6 nitrogen and oxygen atoms in total. The van der Waals surface area contributed by atoms with Crippen molar-refractivity contribution in [2.75, 3.05) is 6.54 Å². The molecule has 0 aliphatic carbocycles. The number of rotatable bonds is 3. The fraction of sp³-hybridized carbons (Fsp3) is 0.500. The van der Waals surface area contributed by atoms with Crippen LogP contribution >= 0.6 is 0 Å². The van der Waals surface area contributed by atoms with E-state index in [4.69, 9.17) is 0 Å². The summed E-state index contributed by atoms with van der Waals surface area (Å²) in [6.45, 7) is 1.61. The second-order valence-corrected chi connectivity index (χ2v) is 6.05. The van der Waals surface area contributed by atoms with Crippen molar-refractivity contribution in [1.82, 2.24) is 18.6 Å². The normalized spacial score (nSPS) is 19.0. The Morgan fingerprint density at radius 2 is 1.95 bits per heavy atom. The van der Waals surface area contributed by atoms with Gasteiger partial charge in [0.2, 0.25) is 0 Å². The van der Waals surface area contributed by atoms with E-state index in [1.807, 2.05) is 0 Å². The van der Waals surface area contributed by atoms with E-state index in [9.17, 15) is 9.59 Å². The largest absolute Gasteiger partial charge is 0.353 e. The van der Waals surface area contributed by atoms with E-state index < -0.39 is 0 Å².